The van der Waals surface area contributed by atoms with Crippen LogP contribution in [0.15, 0.2) is 41.1 Å². The van der Waals surface area contributed by atoms with Gasteiger partial charge in [-0.2, -0.15) is 0 Å². The van der Waals surface area contributed by atoms with E-state index in [1.54, 1.807) is 30.5 Å². The minimum absolute atomic E-state index is 0.334. The van der Waals surface area contributed by atoms with Gasteiger partial charge in [-0.3, -0.25) is 4.79 Å². The quantitative estimate of drug-likeness (QED) is 0.555. The smallest absolute Gasteiger partial charge is 0.308 e. The van der Waals surface area contributed by atoms with Crippen LogP contribution in [0.1, 0.15) is 6.92 Å². The number of aromatic nitrogens is 1. The van der Waals surface area contributed by atoms with Crippen molar-refractivity contribution in [3.63, 3.8) is 0 Å². The highest BCUT2D eigenvalue weighted by molar-refractivity contribution is 5.69. The van der Waals surface area contributed by atoms with Crippen molar-refractivity contribution >= 4 is 5.97 Å². The first-order valence-electron chi connectivity index (χ1n) is 4.44. The molecule has 76 valence electrons. The lowest BCUT2D eigenvalue weighted by molar-refractivity contribution is -0.131. The highest BCUT2D eigenvalue weighted by Gasteiger charge is 2.03. The molecule has 0 saturated carbocycles. The summed E-state index contributed by atoms with van der Waals surface area (Å²) in [5, 5.41) is 0. The zero-order valence-electron chi connectivity index (χ0n) is 8.14. The molecular weight excluding hydrogens is 194 g/mol. The molecule has 0 spiro atoms. The number of oxazole rings is 1. The van der Waals surface area contributed by atoms with Gasteiger partial charge in [0.2, 0.25) is 5.89 Å². The number of ether oxygens (including phenoxy) is 1. The maximum absolute atomic E-state index is 10.7. The molecule has 1 heterocycles. The molecule has 1 aromatic carbocycles. The van der Waals surface area contributed by atoms with Crippen molar-refractivity contribution in [3.05, 3.63) is 36.7 Å². The lowest BCUT2D eigenvalue weighted by Crippen LogP contribution is -2.00. The molecule has 0 atom stereocenters. The first kappa shape index (κ1) is 9.45. The summed E-state index contributed by atoms with van der Waals surface area (Å²) in [7, 11) is 0. The summed E-state index contributed by atoms with van der Waals surface area (Å²) < 4.78 is 10.0. The lowest BCUT2D eigenvalue weighted by atomic mass is 10.2. The van der Waals surface area contributed by atoms with E-state index in [-0.39, 0.29) is 5.97 Å². The molecule has 0 amide bonds. The topological polar surface area (TPSA) is 52.3 Å². The van der Waals surface area contributed by atoms with Crippen molar-refractivity contribution in [3.8, 4) is 17.2 Å². The molecule has 15 heavy (non-hydrogen) atoms. The molecule has 0 unspecified atom stereocenters. The van der Waals surface area contributed by atoms with Gasteiger partial charge in [0.25, 0.3) is 0 Å². The van der Waals surface area contributed by atoms with Crippen molar-refractivity contribution in [2.75, 3.05) is 0 Å². The Balaban J connectivity index is 2.21. The SMILES string of the molecule is CC(=O)Oc1ccc(-c2ncco2)cc1. The zero-order valence-corrected chi connectivity index (χ0v) is 8.14. The van der Waals surface area contributed by atoms with E-state index in [2.05, 4.69) is 4.98 Å². The van der Waals surface area contributed by atoms with E-state index in [0.29, 0.717) is 11.6 Å². The number of esters is 1. The maximum Gasteiger partial charge on any atom is 0.308 e. The monoisotopic (exact) mass is 203 g/mol. The Hall–Kier alpha value is -2.10. The van der Waals surface area contributed by atoms with Gasteiger partial charge in [-0.25, -0.2) is 4.98 Å². The predicted octanol–water partition coefficient (Wildman–Crippen LogP) is 2.27. The molecule has 0 aliphatic carbocycles. The summed E-state index contributed by atoms with van der Waals surface area (Å²) >= 11 is 0. The Labute approximate surface area is 86.5 Å². The Morgan fingerprint density at radius 3 is 2.60 bits per heavy atom. The van der Waals surface area contributed by atoms with Crippen LogP contribution >= 0.6 is 0 Å². The normalized spacial score (nSPS) is 9.93. The number of carbonyl (C=O) groups excluding carboxylic acids is 1. The van der Waals surface area contributed by atoms with Crippen LogP contribution in [-0.2, 0) is 4.79 Å². The molecule has 0 N–H and O–H groups in total. The van der Waals surface area contributed by atoms with E-state index in [1.165, 1.54) is 13.2 Å². The maximum atomic E-state index is 10.7. The van der Waals surface area contributed by atoms with Gasteiger partial charge in [-0.05, 0) is 24.3 Å². The summed E-state index contributed by atoms with van der Waals surface area (Å²) in [6.45, 7) is 1.36. The van der Waals surface area contributed by atoms with Crippen molar-refractivity contribution in [1.29, 1.82) is 0 Å². The van der Waals surface area contributed by atoms with Gasteiger partial charge in [0.05, 0.1) is 6.20 Å². The first-order valence-corrected chi connectivity index (χ1v) is 4.44. The van der Waals surface area contributed by atoms with Crippen LogP contribution in [-0.4, -0.2) is 11.0 Å². The zero-order chi connectivity index (χ0) is 10.7. The van der Waals surface area contributed by atoms with Gasteiger partial charge in [0.1, 0.15) is 12.0 Å². The van der Waals surface area contributed by atoms with Gasteiger partial charge in [-0.15, -0.1) is 0 Å². The van der Waals surface area contributed by atoms with Gasteiger partial charge in [0.15, 0.2) is 0 Å². The molecule has 0 radical (unpaired) electrons. The van der Waals surface area contributed by atoms with Crippen molar-refractivity contribution < 1.29 is 13.9 Å². The van der Waals surface area contributed by atoms with Crippen molar-refractivity contribution in [2.24, 2.45) is 0 Å². The summed E-state index contributed by atoms with van der Waals surface area (Å²) in [5.74, 6) is 0.723. The molecule has 1 aromatic heterocycles. The minimum Gasteiger partial charge on any atom is -0.445 e. The van der Waals surface area contributed by atoms with Crippen LogP contribution in [0.5, 0.6) is 5.75 Å². The third-order valence-corrected chi connectivity index (χ3v) is 1.80. The highest BCUT2D eigenvalue weighted by atomic mass is 16.5. The minimum atomic E-state index is -0.334. The molecule has 4 heteroatoms. The molecule has 2 aromatic rings. The summed E-state index contributed by atoms with van der Waals surface area (Å²) in [5.41, 5.74) is 0.843. The van der Waals surface area contributed by atoms with Crippen LogP contribution in [0.25, 0.3) is 11.5 Å². The number of hydrogen-bond donors (Lipinski definition) is 0. The summed E-state index contributed by atoms with van der Waals surface area (Å²) in [4.78, 5) is 14.7. The number of carbonyl (C=O) groups is 1. The van der Waals surface area contributed by atoms with Crippen LogP contribution in [0, 0.1) is 0 Å². The van der Waals surface area contributed by atoms with Crippen LogP contribution in [0.2, 0.25) is 0 Å². The predicted molar refractivity (Wildman–Crippen MR) is 53.2 cm³/mol. The van der Waals surface area contributed by atoms with Gasteiger partial charge < -0.3 is 9.15 Å². The first-order chi connectivity index (χ1) is 7.25. The second-order valence-electron chi connectivity index (χ2n) is 2.96. The standard InChI is InChI=1S/C11H9NO3/c1-8(13)15-10-4-2-9(3-5-10)11-12-6-7-14-11/h2-7H,1H3. The number of hydrogen-bond acceptors (Lipinski definition) is 4. The average Bonchev–Trinajstić information content (AvgIpc) is 2.71. The molecule has 0 fully saturated rings. The fourth-order valence-corrected chi connectivity index (χ4v) is 1.20. The molecule has 0 aliphatic heterocycles. The molecule has 2 rings (SSSR count). The second-order valence-corrected chi connectivity index (χ2v) is 2.96. The van der Waals surface area contributed by atoms with Gasteiger partial charge >= 0.3 is 5.97 Å². The number of benzene rings is 1. The van der Waals surface area contributed by atoms with E-state index in [0.717, 1.165) is 5.56 Å². The van der Waals surface area contributed by atoms with Crippen molar-refractivity contribution in [2.45, 2.75) is 6.92 Å². The Morgan fingerprint density at radius 1 is 1.33 bits per heavy atom. The van der Waals surface area contributed by atoms with E-state index in [9.17, 15) is 4.79 Å². The Bertz CT molecular complexity index is 445. The second kappa shape index (κ2) is 3.96. The third-order valence-electron chi connectivity index (χ3n) is 1.80. The molecule has 0 saturated heterocycles. The largest absolute Gasteiger partial charge is 0.445 e. The van der Waals surface area contributed by atoms with Crippen LogP contribution < -0.4 is 4.74 Å². The fourth-order valence-electron chi connectivity index (χ4n) is 1.20. The fraction of sp³-hybridized carbons (Fsp3) is 0.0909. The molecular formula is C11H9NO3. The highest BCUT2D eigenvalue weighted by Crippen LogP contribution is 2.20. The molecule has 0 bridgehead atoms. The van der Waals surface area contributed by atoms with E-state index < -0.39 is 0 Å². The van der Waals surface area contributed by atoms with E-state index >= 15 is 0 Å². The molecule has 4 nitrogen and oxygen atoms in total. The Kier molecular flexibility index (Phi) is 2.49. The van der Waals surface area contributed by atoms with E-state index in [4.69, 9.17) is 9.15 Å². The number of rotatable bonds is 2. The average molecular weight is 203 g/mol. The van der Waals surface area contributed by atoms with Gasteiger partial charge in [-0.1, -0.05) is 0 Å². The van der Waals surface area contributed by atoms with Gasteiger partial charge in [0, 0.05) is 12.5 Å². The van der Waals surface area contributed by atoms with Crippen LogP contribution in [0.4, 0.5) is 0 Å². The van der Waals surface area contributed by atoms with E-state index in [1.807, 2.05) is 0 Å². The van der Waals surface area contributed by atoms with Crippen molar-refractivity contribution in [1.82, 2.24) is 4.98 Å². The molecule has 0 aliphatic rings. The third kappa shape index (κ3) is 2.22. The summed E-state index contributed by atoms with van der Waals surface area (Å²) in [6.07, 6.45) is 3.09. The number of nitrogens with zero attached hydrogens (tertiary/aromatic N) is 1. The van der Waals surface area contributed by atoms with Crippen LogP contribution in [0.3, 0.4) is 0 Å². The Morgan fingerprint density at radius 2 is 2.07 bits per heavy atom. The lowest BCUT2D eigenvalue weighted by Gasteiger charge is -2.00. The summed E-state index contributed by atoms with van der Waals surface area (Å²) in [6, 6.07) is 6.95.